The number of rotatable bonds is 3. The number of benzene rings is 5. The van der Waals surface area contributed by atoms with Crippen LogP contribution >= 0.6 is 0 Å². The lowest BCUT2D eigenvalue weighted by Crippen LogP contribution is -1.89. The molecule has 0 atom stereocenters. The minimum atomic E-state index is 0.948. The van der Waals surface area contributed by atoms with Crippen molar-refractivity contribution in [2.24, 2.45) is 0 Å². The van der Waals surface area contributed by atoms with Gasteiger partial charge < -0.3 is 0 Å². The van der Waals surface area contributed by atoms with Gasteiger partial charge in [0.15, 0.2) is 0 Å². The summed E-state index contributed by atoms with van der Waals surface area (Å²) in [6.45, 7) is 0. The maximum Gasteiger partial charge on any atom is 0.0716 e. The van der Waals surface area contributed by atoms with Crippen molar-refractivity contribution in [1.82, 2.24) is 15.0 Å². The minimum Gasteiger partial charge on any atom is -0.256 e. The average molecular weight is 510 g/mol. The molecule has 8 rings (SSSR count). The molecule has 0 N–H and O–H groups in total. The first kappa shape index (κ1) is 22.6. The third-order valence-corrected chi connectivity index (χ3v) is 7.68. The zero-order valence-corrected chi connectivity index (χ0v) is 21.6. The molecule has 0 aliphatic carbocycles. The molecular weight excluding hydrogens is 486 g/mol. The van der Waals surface area contributed by atoms with E-state index in [-0.39, 0.29) is 0 Å². The van der Waals surface area contributed by atoms with Crippen LogP contribution in [0, 0.1) is 0 Å². The number of nitrogens with zero attached hydrogens (tertiary/aromatic N) is 3. The van der Waals surface area contributed by atoms with Crippen molar-refractivity contribution in [2.45, 2.75) is 0 Å². The topological polar surface area (TPSA) is 38.7 Å². The monoisotopic (exact) mass is 509 g/mol. The molecule has 8 aromatic rings. The third kappa shape index (κ3) is 3.88. The molecule has 3 nitrogen and oxygen atoms in total. The van der Waals surface area contributed by atoms with Gasteiger partial charge in [0.25, 0.3) is 0 Å². The Bertz CT molecular complexity index is 2230. The molecule has 0 aliphatic heterocycles. The molecule has 0 saturated carbocycles. The highest BCUT2D eigenvalue weighted by Gasteiger charge is 2.09. The zero-order valence-electron chi connectivity index (χ0n) is 21.6. The lowest BCUT2D eigenvalue weighted by Gasteiger charge is -2.09. The Kier molecular flexibility index (Phi) is 5.14. The summed E-state index contributed by atoms with van der Waals surface area (Å²) in [7, 11) is 0. The molecule has 0 amide bonds. The third-order valence-electron chi connectivity index (χ3n) is 7.68. The fraction of sp³-hybridized carbons (Fsp3) is 0. The lowest BCUT2D eigenvalue weighted by atomic mass is 10.00. The van der Waals surface area contributed by atoms with E-state index in [1.165, 1.54) is 10.8 Å². The van der Waals surface area contributed by atoms with Crippen LogP contribution in [0.2, 0.25) is 0 Å². The summed E-state index contributed by atoms with van der Waals surface area (Å²) in [6.07, 6.45) is 1.83. The van der Waals surface area contributed by atoms with E-state index in [4.69, 9.17) is 9.97 Å². The fourth-order valence-corrected chi connectivity index (χ4v) is 5.58. The van der Waals surface area contributed by atoms with Gasteiger partial charge in [-0.2, -0.15) is 0 Å². The first-order valence-electron chi connectivity index (χ1n) is 13.4. The summed E-state index contributed by atoms with van der Waals surface area (Å²) in [5, 5.41) is 5.80. The van der Waals surface area contributed by atoms with Gasteiger partial charge in [0.05, 0.1) is 27.9 Å². The van der Waals surface area contributed by atoms with E-state index >= 15 is 0 Å². The van der Waals surface area contributed by atoms with Gasteiger partial charge in [-0.15, -0.1) is 0 Å². The lowest BCUT2D eigenvalue weighted by molar-refractivity contribution is 1.38. The summed E-state index contributed by atoms with van der Waals surface area (Å²) in [6, 6.07) is 46.7. The molecule has 0 spiro atoms. The van der Waals surface area contributed by atoms with E-state index in [9.17, 15) is 0 Å². The second-order valence-corrected chi connectivity index (χ2v) is 10.1. The number of aromatic nitrogens is 3. The Hall–Kier alpha value is -5.41. The largest absolute Gasteiger partial charge is 0.256 e. The van der Waals surface area contributed by atoms with Crippen LogP contribution < -0.4 is 0 Å². The quantitative estimate of drug-likeness (QED) is 0.238. The van der Waals surface area contributed by atoms with E-state index in [1.807, 2.05) is 24.4 Å². The highest BCUT2D eigenvalue weighted by molar-refractivity contribution is 5.96. The molecule has 0 saturated heterocycles. The van der Waals surface area contributed by atoms with Crippen LogP contribution in [-0.2, 0) is 0 Å². The predicted octanol–water partition coefficient (Wildman–Crippen LogP) is 9.49. The van der Waals surface area contributed by atoms with Crippen LogP contribution in [0.3, 0.4) is 0 Å². The van der Waals surface area contributed by atoms with Crippen LogP contribution in [0.25, 0.3) is 77.1 Å². The van der Waals surface area contributed by atoms with Crippen molar-refractivity contribution in [3.05, 3.63) is 140 Å². The van der Waals surface area contributed by atoms with Gasteiger partial charge in [-0.25, -0.2) is 9.97 Å². The maximum absolute atomic E-state index is 5.08. The number of hydrogen-bond acceptors (Lipinski definition) is 3. The van der Waals surface area contributed by atoms with Crippen LogP contribution in [-0.4, -0.2) is 15.0 Å². The van der Waals surface area contributed by atoms with Crippen molar-refractivity contribution >= 4 is 43.5 Å². The molecule has 186 valence electrons. The van der Waals surface area contributed by atoms with Gasteiger partial charge in [-0.1, -0.05) is 91.0 Å². The molecular formula is C37H23N3. The van der Waals surface area contributed by atoms with E-state index in [2.05, 4.69) is 120 Å². The molecule has 0 radical (unpaired) electrons. The molecule has 5 aromatic carbocycles. The molecule has 0 bridgehead atoms. The normalized spacial score (nSPS) is 11.5. The van der Waals surface area contributed by atoms with Crippen LogP contribution in [0.1, 0.15) is 0 Å². The molecule has 0 fully saturated rings. The maximum atomic E-state index is 5.08. The number of fused-ring (bicyclic) bond motifs is 4. The summed E-state index contributed by atoms with van der Waals surface area (Å²) >= 11 is 0. The van der Waals surface area contributed by atoms with Gasteiger partial charge in [-0.3, -0.25) is 4.98 Å². The second-order valence-electron chi connectivity index (χ2n) is 10.1. The smallest absolute Gasteiger partial charge is 0.0716 e. The van der Waals surface area contributed by atoms with Gasteiger partial charge >= 0.3 is 0 Å². The molecule has 3 aromatic heterocycles. The van der Waals surface area contributed by atoms with E-state index < -0.39 is 0 Å². The predicted molar refractivity (Wildman–Crippen MR) is 166 cm³/mol. The average Bonchev–Trinajstić information content (AvgIpc) is 3.03. The van der Waals surface area contributed by atoms with Crippen molar-refractivity contribution in [2.75, 3.05) is 0 Å². The van der Waals surface area contributed by atoms with Crippen molar-refractivity contribution in [1.29, 1.82) is 0 Å². The number of pyridine rings is 3. The Morgan fingerprint density at radius 1 is 0.375 bits per heavy atom. The van der Waals surface area contributed by atoms with Crippen LogP contribution in [0.15, 0.2) is 140 Å². The summed E-state index contributed by atoms with van der Waals surface area (Å²) in [5.74, 6) is 0. The first-order chi connectivity index (χ1) is 19.8. The van der Waals surface area contributed by atoms with Gasteiger partial charge in [0, 0.05) is 33.5 Å². The molecule has 3 heterocycles. The van der Waals surface area contributed by atoms with Crippen molar-refractivity contribution in [3.8, 4) is 33.6 Å². The van der Waals surface area contributed by atoms with Gasteiger partial charge in [-0.05, 0) is 64.4 Å². The first-order valence-corrected chi connectivity index (χ1v) is 13.4. The Balaban J connectivity index is 1.20. The number of hydrogen-bond donors (Lipinski definition) is 0. The standard InChI is InChI=1S/C37H23N3/c1-2-6-27-21-30(15-10-24(27)5-1)33-18-16-25-11-13-28(22-36(25)39-33)29-14-12-26-17-19-35(40-37(26)23-29)32-7-3-9-34-31(32)8-4-20-38-34/h1-23H. The zero-order chi connectivity index (χ0) is 26.5. The van der Waals surface area contributed by atoms with Gasteiger partial charge in [0.2, 0.25) is 0 Å². The summed E-state index contributed by atoms with van der Waals surface area (Å²) in [4.78, 5) is 14.7. The molecule has 40 heavy (non-hydrogen) atoms. The van der Waals surface area contributed by atoms with Gasteiger partial charge in [0.1, 0.15) is 0 Å². The minimum absolute atomic E-state index is 0.948. The SMILES string of the molecule is c1ccc2cc(-c3ccc4ccc(-c5ccc6ccc(-c7cccc8ncccc78)nc6c5)cc4n3)ccc2c1. The molecule has 0 aliphatic rings. The van der Waals surface area contributed by atoms with E-state index in [0.717, 1.165) is 66.4 Å². The van der Waals surface area contributed by atoms with Crippen LogP contribution in [0.4, 0.5) is 0 Å². The van der Waals surface area contributed by atoms with Crippen molar-refractivity contribution in [3.63, 3.8) is 0 Å². The van der Waals surface area contributed by atoms with Crippen molar-refractivity contribution < 1.29 is 0 Å². The molecule has 3 heteroatoms. The summed E-state index contributed by atoms with van der Waals surface area (Å²) in [5.41, 5.74) is 9.31. The van der Waals surface area contributed by atoms with E-state index in [1.54, 1.807) is 0 Å². The Morgan fingerprint density at radius 2 is 1.02 bits per heavy atom. The Labute approximate surface area is 231 Å². The highest BCUT2D eigenvalue weighted by atomic mass is 14.7. The van der Waals surface area contributed by atoms with E-state index in [0.29, 0.717) is 0 Å². The fourth-order valence-electron chi connectivity index (χ4n) is 5.58. The molecule has 0 unspecified atom stereocenters. The second kappa shape index (κ2) is 9.11. The van der Waals surface area contributed by atoms with Crippen LogP contribution in [0.5, 0.6) is 0 Å². The summed E-state index contributed by atoms with van der Waals surface area (Å²) < 4.78 is 0. The Morgan fingerprint density at radius 3 is 1.82 bits per heavy atom. The highest BCUT2D eigenvalue weighted by Crippen LogP contribution is 2.31.